The van der Waals surface area contributed by atoms with Crippen molar-refractivity contribution in [3.63, 3.8) is 0 Å². The molecule has 0 aromatic heterocycles. The van der Waals surface area contributed by atoms with E-state index in [1.165, 1.54) is 17.7 Å². The number of nitrogens with two attached hydrogens (primary N) is 2. The lowest BCUT2D eigenvalue weighted by atomic mass is 9.82. The molecule has 0 saturated carbocycles. The maximum Gasteiger partial charge on any atom is 0.123 e. The lowest BCUT2D eigenvalue weighted by Gasteiger charge is -2.37. The molecule has 1 aliphatic rings. The van der Waals surface area contributed by atoms with Gasteiger partial charge in [-0.2, -0.15) is 0 Å². The van der Waals surface area contributed by atoms with Crippen LogP contribution in [0.25, 0.3) is 0 Å². The summed E-state index contributed by atoms with van der Waals surface area (Å²) in [6.45, 7) is 2.51. The van der Waals surface area contributed by atoms with Gasteiger partial charge in [0.05, 0.1) is 24.9 Å². The summed E-state index contributed by atoms with van der Waals surface area (Å²) < 4.78 is 19.4. The van der Waals surface area contributed by atoms with E-state index >= 15 is 0 Å². The zero-order valence-electron chi connectivity index (χ0n) is 14.4. The minimum atomic E-state index is -0.253. The Morgan fingerprint density at radius 3 is 2.28 bits per heavy atom. The van der Waals surface area contributed by atoms with Crippen molar-refractivity contribution in [2.24, 2.45) is 11.6 Å². The van der Waals surface area contributed by atoms with Crippen LogP contribution < -0.4 is 11.6 Å². The molecule has 25 heavy (non-hydrogen) atoms. The summed E-state index contributed by atoms with van der Waals surface area (Å²) in [6, 6.07) is 14.8. The molecule has 2 aromatic rings. The Kier molecular flexibility index (Phi) is 5.81. The topological polar surface area (TPSA) is 70.5 Å². The number of ether oxygens (including phenoxy) is 1. The summed E-state index contributed by atoms with van der Waals surface area (Å²) in [6.07, 6.45) is 1.19. The maximum atomic E-state index is 13.4. The third-order valence-corrected chi connectivity index (χ3v) is 4.97. The van der Waals surface area contributed by atoms with Crippen molar-refractivity contribution < 1.29 is 14.0 Å². The molecule has 0 spiro atoms. The fourth-order valence-corrected chi connectivity index (χ4v) is 3.46. The predicted molar refractivity (Wildman–Crippen MR) is 95.5 cm³/mol. The molecule has 3 rings (SSSR count). The number of hydrogen-bond acceptors (Lipinski definition) is 4. The van der Waals surface area contributed by atoms with Crippen molar-refractivity contribution in [1.82, 2.24) is 0 Å². The summed E-state index contributed by atoms with van der Waals surface area (Å²) in [5, 5.41) is 0. The van der Waals surface area contributed by atoms with Gasteiger partial charge in [0.15, 0.2) is 0 Å². The molecule has 0 radical (unpaired) electrons. The van der Waals surface area contributed by atoms with E-state index in [4.69, 9.17) is 21.2 Å². The van der Waals surface area contributed by atoms with Gasteiger partial charge in [-0.25, -0.2) is 10.3 Å². The molecule has 4 nitrogen and oxygen atoms in total. The number of rotatable bonds is 5. The first-order valence-corrected chi connectivity index (χ1v) is 8.69. The van der Waals surface area contributed by atoms with Crippen LogP contribution in [0.1, 0.15) is 36.0 Å². The largest absolute Gasteiger partial charge is 0.375 e. The maximum absolute atomic E-state index is 13.4. The van der Waals surface area contributed by atoms with Crippen LogP contribution >= 0.6 is 0 Å². The van der Waals surface area contributed by atoms with Crippen LogP contribution in [0.5, 0.6) is 0 Å². The average molecular weight is 344 g/mol. The Hall–Kier alpha value is -1.79. The molecule has 1 heterocycles. The highest BCUT2D eigenvalue weighted by molar-refractivity contribution is 5.36. The highest BCUT2D eigenvalue weighted by atomic mass is 19.1. The fourth-order valence-electron chi connectivity index (χ4n) is 3.46. The van der Waals surface area contributed by atoms with Crippen molar-refractivity contribution in [2.45, 2.75) is 43.9 Å². The summed E-state index contributed by atoms with van der Waals surface area (Å²) >= 11 is 0. The van der Waals surface area contributed by atoms with E-state index in [2.05, 4.69) is 31.2 Å². The van der Waals surface area contributed by atoms with Crippen molar-refractivity contribution in [1.29, 1.82) is 0 Å². The molecule has 0 aliphatic carbocycles. The Bertz CT molecular complexity index is 675. The summed E-state index contributed by atoms with van der Waals surface area (Å²) in [5.41, 5.74) is 9.41. The smallest absolute Gasteiger partial charge is 0.123 e. The molecule has 1 saturated heterocycles. The molecule has 134 valence electrons. The van der Waals surface area contributed by atoms with E-state index in [9.17, 15) is 4.39 Å². The molecule has 4 N–H and O–H groups in total. The molecule has 5 heteroatoms. The third-order valence-electron chi connectivity index (χ3n) is 4.97. The number of halogens is 1. The quantitative estimate of drug-likeness (QED) is 0.818. The summed E-state index contributed by atoms with van der Waals surface area (Å²) in [7, 11) is 0. The van der Waals surface area contributed by atoms with Crippen LogP contribution in [-0.2, 0) is 16.0 Å². The van der Waals surface area contributed by atoms with Gasteiger partial charge >= 0.3 is 0 Å². The second-order valence-corrected chi connectivity index (χ2v) is 6.57. The van der Waals surface area contributed by atoms with Gasteiger partial charge in [0, 0.05) is 12.3 Å². The molecule has 1 fully saturated rings. The van der Waals surface area contributed by atoms with Crippen molar-refractivity contribution in [2.75, 3.05) is 6.61 Å². The van der Waals surface area contributed by atoms with E-state index < -0.39 is 0 Å². The molecular formula is C20H25FN2O2. The van der Waals surface area contributed by atoms with Gasteiger partial charge in [0.2, 0.25) is 0 Å². The highest BCUT2D eigenvalue weighted by Gasteiger charge is 2.35. The second-order valence-electron chi connectivity index (χ2n) is 6.57. The zero-order chi connectivity index (χ0) is 17.8. The third kappa shape index (κ3) is 4.07. The van der Waals surface area contributed by atoms with Gasteiger partial charge in [-0.3, -0.25) is 4.84 Å². The first kappa shape index (κ1) is 18.0. The van der Waals surface area contributed by atoms with Crippen LogP contribution in [-0.4, -0.2) is 24.9 Å². The molecule has 4 atom stereocenters. The lowest BCUT2D eigenvalue weighted by molar-refractivity contribution is -0.0907. The van der Waals surface area contributed by atoms with E-state index in [0.717, 1.165) is 17.5 Å². The average Bonchev–Trinajstić information content (AvgIpc) is 2.65. The first-order chi connectivity index (χ1) is 12.1. The van der Waals surface area contributed by atoms with E-state index in [-0.39, 0.29) is 30.0 Å². The number of aryl methyl sites for hydroxylation is 1. The molecule has 2 aromatic carbocycles. The Morgan fingerprint density at radius 2 is 1.72 bits per heavy atom. The SMILES string of the molecule is CCc1ccc(C(c2ccc(F)cc2)C2CC(ON)C(N)CO2)cc1. The van der Waals surface area contributed by atoms with Crippen LogP contribution in [0.15, 0.2) is 48.5 Å². The Morgan fingerprint density at radius 1 is 1.12 bits per heavy atom. The summed E-state index contributed by atoms with van der Waals surface area (Å²) in [5.74, 6) is 5.12. The monoisotopic (exact) mass is 344 g/mol. The minimum absolute atomic E-state index is 0.0309. The molecule has 4 unspecified atom stereocenters. The molecule has 1 aliphatic heterocycles. The standard InChI is InChI=1S/C20H25FN2O2/c1-2-13-3-5-14(6-4-13)20(15-7-9-16(21)10-8-15)19-11-18(25-23)17(22)12-24-19/h3-10,17-20H,2,11-12,22-23H2,1H3. The van der Waals surface area contributed by atoms with Crippen LogP contribution in [0.4, 0.5) is 4.39 Å². The van der Waals surface area contributed by atoms with Gasteiger partial charge in [-0.1, -0.05) is 43.3 Å². The highest BCUT2D eigenvalue weighted by Crippen LogP contribution is 2.35. The van der Waals surface area contributed by atoms with E-state index in [0.29, 0.717) is 13.0 Å². The molecule has 0 bridgehead atoms. The van der Waals surface area contributed by atoms with Crippen LogP contribution in [0.3, 0.4) is 0 Å². The zero-order valence-corrected chi connectivity index (χ0v) is 14.4. The fraction of sp³-hybridized carbons (Fsp3) is 0.400. The normalized spacial score (nSPS) is 24.9. The van der Waals surface area contributed by atoms with Gasteiger partial charge < -0.3 is 10.5 Å². The molecular weight excluding hydrogens is 319 g/mol. The lowest BCUT2D eigenvalue weighted by Crippen LogP contribution is -2.50. The second kappa shape index (κ2) is 8.06. The van der Waals surface area contributed by atoms with Gasteiger partial charge in [-0.05, 0) is 35.2 Å². The predicted octanol–water partition coefficient (Wildman–Crippen LogP) is 2.90. The van der Waals surface area contributed by atoms with Gasteiger partial charge in [0.1, 0.15) is 5.82 Å². The summed E-state index contributed by atoms with van der Waals surface area (Å²) in [4.78, 5) is 5.05. The number of hydrogen-bond donors (Lipinski definition) is 2. The van der Waals surface area contributed by atoms with Gasteiger partial charge in [0.25, 0.3) is 0 Å². The van der Waals surface area contributed by atoms with Crippen molar-refractivity contribution in [3.8, 4) is 0 Å². The Balaban J connectivity index is 1.94. The number of benzene rings is 2. The van der Waals surface area contributed by atoms with Crippen molar-refractivity contribution >= 4 is 0 Å². The Labute approximate surface area is 147 Å². The van der Waals surface area contributed by atoms with Crippen molar-refractivity contribution in [3.05, 3.63) is 71.0 Å². The van der Waals surface area contributed by atoms with Crippen LogP contribution in [0, 0.1) is 5.82 Å². The molecule has 0 amide bonds. The van der Waals surface area contributed by atoms with E-state index in [1.54, 1.807) is 0 Å². The van der Waals surface area contributed by atoms with Gasteiger partial charge in [-0.15, -0.1) is 0 Å². The van der Waals surface area contributed by atoms with Crippen LogP contribution in [0.2, 0.25) is 0 Å². The minimum Gasteiger partial charge on any atom is -0.375 e. The van der Waals surface area contributed by atoms with E-state index in [1.807, 2.05) is 12.1 Å². The first-order valence-electron chi connectivity index (χ1n) is 8.69.